The zero-order chi connectivity index (χ0) is 19.4. The maximum atomic E-state index is 12.9. The van der Waals surface area contributed by atoms with Crippen molar-refractivity contribution in [1.29, 1.82) is 0 Å². The molecule has 1 aliphatic heterocycles. The molecule has 0 saturated carbocycles. The number of likely N-dealkylation sites (tertiary alicyclic amines) is 1. The van der Waals surface area contributed by atoms with Crippen LogP contribution in [0, 0.1) is 0 Å². The van der Waals surface area contributed by atoms with Crippen LogP contribution < -0.4 is 5.32 Å². The second kappa shape index (κ2) is 8.27. The third-order valence-corrected chi connectivity index (χ3v) is 4.82. The van der Waals surface area contributed by atoms with Gasteiger partial charge in [-0.1, -0.05) is 17.7 Å². The number of hydrogen-bond donors (Lipinski definition) is 1. The highest BCUT2D eigenvalue weighted by atomic mass is 35.5. The fourth-order valence-electron chi connectivity index (χ4n) is 3.18. The predicted octanol–water partition coefficient (Wildman–Crippen LogP) is 4.15. The van der Waals surface area contributed by atoms with Crippen LogP contribution >= 0.6 is 11.6 Å². The monoisotopic (exact) mass is 397 g/mol. The zero-order valence-corrected chi connectivity index (χ0v) is 15.2. The molecule has 2 aromatic rings. The minimum Gasteiger partial charge on any atom is -0.348 e. The minimum atomic E-state index is -4.52. The number of amides is 1. The van der Waals surface area contributed by atoms with E-state index in [2.05, 4.69) is 15.2 Å². The number of carbonyl (C=O) groups is 1. The van der Waals surface area contributed by atoms with E-state index in [1.807, 2.05) is 18.2 Å². The molecule has 1 aromatic carbocycles. The van der Waals surface area contributed by atoms with Crippen LogP contribution in [-0.2, 0) is 12.7 Å². The average molecular weight is 398 g/mol. The van der Waals surface area contributed by atoms with E-state index in [0.717, 1.165) is 43.3 Å². The Hall–Kier alpha value is -2.12. The number of alkyl halides is 3. The van der Waals surface area contributed by atoms with Gasteiger partial charge in [-0.3, -0.25) is 14.7 Å². The van der Waals surface area contributed by atoms with E-state index in [1.54, 1.807) is 6.20 Å². The van der Waals surface area contributed by atoms with E-state index in [0.29, 0.717) is 13.1 Å². The Kier molecular flexibility index (Phi) is 6.01. The van der Waals surface area contributed by atoms with E-state index in [-0.39, 0.29) is 16.6 Å². The van der Waals surface area contributed by atoms with Gasteiger partial charge in [0.1, 0.15) is 0 Å². The van der Waals surface area contributed by atoms with Gasteiger partial charge in [-0.05, 0) is 49.7 Å². The predicted molar refractivity (Wildman–Crippen MR) is 96.5 cm³/mol. The summed E-state index contributed by atoms with van der Waals surface area (Å²) in [5.41, 5.74) is -0.115. The van der Waals surface area contributed by atoms with Crippen LogP contribution in [0.2, 0.25) is 5.02 Å². The molecule has 4 nitrogen and oxygen atoms in total. The van der Waals surface area contributed by atoms with Gasteiger partial charge in [-0.25, -0.2) is 0 Å². The Labute approximate surface area is 160 Å². The molecule has 1 amide bonds. The quantitative estimate of drug-likeness (QED) is 0.843. The Morgan fingerprint density at radius 2 is 2.11 bits per heavy atom. The highest BCUT2D eigenvalue weighted by Crippen LogP contribution is 2.31. The molecule has 0 spiro atoms. The summed E-state index contributed by atoms with van der Waals surface area (Å²) < 4.78 is 38.7. The lowest BCUT2D eigenvalue weighted by Crippen LogP contribution is -2.47. The lowest BCUT2D eigenvalue weighted by atomic mass is 10.0. The van der Waals surface area contributed by atoms with E-state index in [4.69, 9.17) is 11.6 Å². The van der Waals surface area contributed by atoms with Crippen LogP contribution in [0.25, 0.3) is 0 Å². The Morgan fingerprint density at radius 3 is 2.81 bits per heavy atom. The lowest BCUT2D eigenvalue weighted by molar-refractivity contribution is -0.137. The second-order valence-electron chi connectivity index (χ2n) is 6.56. The van der Waals surface area contributed by atoms with E-state index in [9.17, 15) is 18.0 Å². The Balaban J connectivity index is 1.65. The highest BCUT2D eigenvalue weighted by Gasteiger charge is 2.32. The number of pyridine rings is 1. The summed E-state index contributed by atoms with van der Waals surface area (Å²) in [5.74, 6) is -0.587. The first-order valence-electron chi connectivity index (χ1n) is 8.63. The standard InChI is InChI=1S/C19H19ClF3N3O/c20-17-7-6-13(19(21,22)23)10-16(17)18(27)25-15-5-3-9-26(12-15)11-14-4-1-2-8-24-14/h1-2,4,6-8,10,15H,3,5,9,11-12H2,(H,25,27). The van der Waals surface area contributed by atoms with E-state index in [1.165, 1.54) is 0 Å². The molecule has 3 rings (SSSR count). The zero-order valence-electron chi connectivity index (χ0n) is 14.5. The summed E-state index contributed by atoms with van der Waals surface area (Å²) >= 11 is 5.95. The number of aromatic nitrogens is 1. The number of nitrogens with one attached hydrogen (secondary N) is 1. The number of nitrogens with zero attached hydrogens (tertiary/aromatic N) is 2. The van der Waals surface area contributed by atoms with Crippen molar-refractivity contribution in [2.24, 2.45) is 0 Å². The van der Waals surface area contributed by atoms with Crippen LogP contribution in [0.1, 0.15) is 34.5 Å². The Bertz CT molecular complexity index is 799. The van der Waals surface area contributed by atoms with Crippen molar-refractivity contribution in [2.75, 3.05) is 13.1 Å². The highest BCUT2D eigenvalue weighted by molar-refractivity contribution is 6.33. The Morgan fingerprint density at radius 1 is 1.30 bits per heavy atom. The van der Waals surface area contributed by atoms with Gasteiger partial charge in [0.05, 0.1) is 21.8 Å². The molecule has 0 bridgehead atoms. The van der Waals surface area contributed by atoms with Crippen LogP contribution in [-0.4, -0.2) is 34.9 Å². The largest absolute Gasteiger partial charge is 0.416 e. The normalized spacial score (nSPS) is 18.3. The first-order valence-corrected chi connectivity index (χ1v) is 9.00. The van der Waals surface area contributed by atoms with Gasteiger partial charge in [-0.15, -0.1) is 0 Å². The van der Waals surface area contributed by atoms with E-state index >= 15 is 0 Å². The summed E-state index contributed by atoms with van der Waals surface area (Å²) in [5, 5.41) is 2.82. The van der Waals surface area contributed by atoms with Crippen molar-refractivity contribution < 1.29 is 18.0 Å². The number of carbonyl (C=O) groups excluding carboxylic acids is 1. The van der Waals surface area contributed by atoms with Gasteiger partial charge in [0, 0.05) is 25.3 Å². The summed E-state index contributed by atoms with van der Waals surface area (Å²) in [6, 6.07) is 8.32. The summed E-state index contributed by atoms with van der Waals surface area (Å²) in [6.07, 6.45) is -1.15. The molecule has 1 saturated heterocycles. The van der Waals surface area contributed by atoms with Gasteiger partial charge >= 0.3 is 6.18 Å². The number of rotatable bonds is 4. The number of benzene rings is 1. The van der Waals surface area contributed by atoms with Crippen LogP contribution in [0.3, 0.4) is 0 Å². The first-order chi connectivity index (χ1) is 12.8. The maximum absolute atomic E-state index is 12.9. The van der Waals surface area contributed by atoms with Crippen molar-refractivity contribution in [2.45, 2.75) is 31.6 Å². The molecule has 0 radical (unpaired) electrons. The second-order valence-corrected chi connectivity index (χ2v) is 6.97. The van der Waals surface area contributed by atoms with Crippen LogP contribution in [0.15, 0.2) is 42.6 Å². The number of piperidine rings is 1. The third kappa shape index (κ3) is 5.20. The fraction of sp³-hybridized carbons (Fsp3) is 0.368. The van der Waals surface area contributed by atoms with Gasteiger partial charge < -0.3 is 5.32 Å². The maximum Gasteiger partial charge on any atom is 0.416 e. The molecule has 1 aliphatic rings. The van der Waals surface area contributed by atoms with Crippen molar-refractivity contribution in [3.8, 4) is 0 Å². The average Bonchev–Trinajstić information content (AvgIpc) is 2.62. The summed E-state index contributed by atoms with van der Waals surface area (Å²) in [7, 11) is 0. The molecule has 1 aromatic heterocycles. The number of hydrogen-bond acceptors (Lipinski definition) is 3. The molecule has 1 N–H and O–H groups in total. The van der Waals surface area contributed by atoms with Gasteiger partial charge in [0.2, 0.25) is 0 Å². The van der Waals surface area contributed by atoms with E-state index < -0.39 is 17.6 Å². The fourth-order valence-corrected chi connectivity index (χ4v) is 3.38. The topological polar surface area (TPSA) is 45.2 Å². The first kappa shape index (κ1) is 19.6. The SMILES string of the molecule is O=C(NC1CCCN(Cc2ccccn2)C1)c1cc(C(F)(F)F)ccc1Cl. The molecular weight excluding hydrogens is 379 g/mol. The van der Waals surface area contributed by atoms with Gasteiger partial charge in [0.15, 0.2) is 0 Å². The van der Waals surface area contributed by atoms with Crippen molar-refractivity contribution in [1.82, 2.24) is 15.2 Å². The third-order valence-electron chi connectivity index (χ3n) is 4.49. The van der Waals surface area contributed by atoms with Crippen molar-refractivity contribution in [3.05, 3.63) is 64.4 Å². The van der Waals surface area contributed by atoms with Crippen LogP contribution in [0.5, 0.6) is 0 Å². The molecule has 0 aliphatic carbocycles. The molecule has 1 unspecified atom stereocenters. The van der Waals surface area contributed by atoms with Gasteiger partial charge in [0.25, 0.3) is 5.91 Å². The lowest BCUT2D eigenvalue weighted by Gasteiger charge is -2.33. The smallest absolute Gasteiger partial charge is 0.348 e. The minimum absolute atomic E-state index is 0.00153. The van der Waals surface area contributed by atoms with Crippen molar-refractivity contribution >= 4 is 17.5 Å². The van der Waals surface area contributed by atoms with Crippen molar-refractivity contribution in [3.63, 3.8) is 0 Å². The molecule has 2 heterocycles. The molecule has 1 atom stereocenters. The molecule has 144 valence electrons. The van der Waals surface area contributed by atoms with Gasteiger partial charge in [-0.2, -0.15) is 13.2 Å². The number of halogens is 4. The molecule has 1 fully saturated rings. The van der Waals surface area contributed by atoms with Crippen LogP contribution in [0.4, 0.5) is 13.2 Å². The summed E-state index contributed by atoms with van der Waals surface area (Å²) in [6.45, 7) is 2.16. The molecule has 8 heteroatoms. The summed E-state index contributed by atoms with van der Waals surface area (Å²) in [4.78, 5) is 19.0. The molecular formula is C19H19ClF3N3O. The molecule has 27 heavy (non-hydrogen) atoms.